The molecule has 2 aromatic heterocycles. The smallest absolute Gasteiger partial charge is 0.255 e. The third-order valence-electron chi connectivity index (χ3n) is 5.36. The van der Waals surface area contributed by atoms with E-state index in [4.69, 9.17) is 9.15 Å². The number of thiazole rings is 1. The number of furan rings is 1. The maximum atomic E-state index is 12.7. The molecule has 0 aliphatic carbocycles. The molecule has 3 heterocycles. The number of ether oxygens (including phenoxy) is 1. The lowest BCUT2D eigenvalue weighted by Crippen LogP contribution is -2.36. The van der Waals surface area contributed by atoms with E-state index in [1.807, 2.05) is 12.1 Å². The van der Waals surface area contributed by atoms with Crippen molar-refractivity contribution in [2.24, 2.45) is 0 Å². The summed E-state index contributed by atoms with van der Waals surface area (Å²) in [6.45, 7) is 3.06. The number of hydrogen-bond acceptors (Lipinski definition) is 8. The molecule has 0 radical (unpaired) electrons. The normalized spacial score (nSPS) is 14.4. The molecule has 5 rings (SSSR count). The molecule has 9 nitrogen and oxygen atoms in total. The number of aromatic nitrogens is 1. The first-order chi connectivity index (χ1) is 16.5. The topological polar surface area (TPSA) is 114 Å². The Bertz CT molecular complexity index is 1390. The lowest BCUT2D eigenvalue weighted by atomic mass is 10.2. The molecule has 0 atom stereocenters. The summed E-state index contributed by atoms with van der Waals surface area (Å²) >= 11 is 1.58. The van der Waals surface area contributed by atoms with Crippen LogP contribution in [0.1, 0.15) is 16.1 Å². The number of carbonyl (C=O) groups is 1. The molecular weight excluding hydrogens is 476 g/mol. The second kappa shape index (κ2) is 9.55. The highest BCUT2D eigenvalue weighted by Gasteiger charge is 2.17. The molecule has 2 N–H and O–H groups in total. The highest BCUT2D eigenvalue weighted by Crippen LogP contribution is 2.31. The van der Waals surface area contributed by atoms with Gasteiger partial charge in [-0.1, -0.05) is 11.3 Å². The number of benzene rings is 2. The minimum Gasteiger partial charge on any atom is -0.468 e. The van der Waals surface area contributed by atoms with Gasteiger partial charge >= 0.3 is 0 Å². The van der Waals surface area contributed by atoms with Crippen LogP contribution in [0.25, 0.3) is 10.2 Å². The van der Waals surface area contributed by atoms with Crippen LogP contribution in [-0.2, 0) is 21.3 Å². The summed E-state index contributed by atoms with van der Waals surface area (Å²) in [4.78, 5) is 19.7. The van der Waals surface area contributed by atoms with Crippen LogP contribution in [-0.4, -0.2) is 45.6 Å². The largest absolute Gasteiger partial charge is 0.468 e. The molecular formula is C23H22N4O5S2. The van der Waals surface area contributed by atoms with Gasteiger partial charge in [0.05, 0.1) is 41.1 Å². The highest BCUT2D eigenvalue weighted by molar-refractivity contribution is 7.89. The summed E-state index contributed by atoms with van der Waals surface area (Å²) in [5.74, 6) is 0.180. The van der Waals surface area contributed by atoms with E-state index in [9.17, 15) is 13.2 Å². The van der Waals surface area contributed by atoms with Gasteiger partial charge in [-0.25, -0.2) is 18.1 Å². The minimum atomic E-state index is -3.73. The van der Waals surface area contributed by atoms with Crippen molar-refractivity contribution in [3.63, 3.8) is 0 Å². The molecule has 1 amide bonds. The van der Waals surface area contributed by atoms with E-state index < -0.39 is 10.0 Å². The van der Waals surface area contributed by atoms with Crippen molar-refractivity contribution in [2.75, 3.05) is 36.5 Å². The first-order valence-electron chi connectivity index (χ1n) is 10.6. The number of anilines is 2. The molecule has 1 aliphatic rings. The van der Waals surface area contributed by atoms with Crippen molar-refractivity contribution in [1.82, 2.24) is 9.71 Å². The Morgan fingerprint density at radius 2 is 1.88 bits per heavy atom. The number of rotatable bonds is 7. The van der Waals surface area contributed by atoms with E-state index in [1.54, 1.807) is 29.5 Å². The van der Waals surface area contributed by atoms with E-state index in [-0.39, 0.29) is 17.3 Å². The fraction of sp³-hybridized carbons (Fsp3) is 0.217. The summed E-state index contributed by atoms with van der Waals surface area (Å²) in [7, 11) is -3.73. The van der Waals surface area contributed by atoms with Gasteiger partial charge in [0.1, 0.15) is 5.76 Å². The Labute approximate surface area is 200 Å². The first kappa shape index (κ1) is 22.5. The molecule has 1 saturated heterocycles. The first-order valence-corrected chi connectivity index (χ1v) is 12.9. The van der Waals surface area contributed by atoms with Crippen molar-refractivity contribution in [2.45, 2.75) is 11.4 Å². The number of morpholine rings is 1. The van der Waals surface area contributed by atoms with Crippen LogP contribution < -0.4 is 14.9 Å². The Morgan fingerprint density at radius 3 is 2.62 bits per heavy atom. The standard InChI is InChI=1S/C23H22N4O5S2/c28-22(16-3-6-19(7-4-16)34(29,30)24-15-18-2-1-11-32-18)25-17-5-8-20-21(14-17)33-23(26-20)27-9-12-31-13-10-27/h1-8,11,14,24H,9-10,12-13,15H2,(H,25,28). The van der Waals surface area contributed by atoms with Crippen molar-refractivity contribution in [3.05, 3.63) is 72.2 Å². The Hall–Kier alpha value is -3.25. The fourth-order valence-electron chi connectivity index (χ4n) is 3.53. The molecule has 0 spiro atoms. The van der Waals surface area contributed by atoms with Gasteiger partial charge in [-0.15, -0.1) is 0 Å². The van der Waals surface area contributed by atoms with Crippen molar-refractivity contribution in [3.8, 4) is 0 Å². The minimum absolute atomic E-state index is 0.0465. The molecule has 1 aliphatic heterocycles. The van der Waals surface area contributed by atoms with Gasteiger partial charge in [-0.05, 0) is 54.6 Å². The number of carbonyl (C=O) groups excluding carboxylic acids is 1. The number of hydrogen-bond donors (Lipinski definition) is 2. The zero-order valence-electron chi connectivity index (χ0n) is 18.1. The van der Waals surface area contributed by atoms with Gasteiger partial charge in [0.25, 0.3) is 5.91 Å². The van der Waals surface area contributed by atoms with Crippen LogP contribution in [0.4, 0.5) is 10.8 Å². The predicted molar refractivity (Wildman–Crippen MR) is 130 cm³/mol. The van der Waals surface area contributed by atoms with Crippen molar-refractivity contribution in [1.29, 1.82) is 0 Å². The number of nitrogens with zero attached hydrogens (tertiary/aromatic N) is 2. The van der Waals surface area contributed by atoms with Crippen LogP contribution in [0.5, 0.6) is 0 Å². The summed E-state index contributed by atoms with van der Waals surface area (Å²) in [5.41, 5.74) is 1.87. The Morgan fingerprint density at radius 1 is 1.09 bits per heavy atom. The summed E-state index contributed by atoms with van der Waals surface area (Å²) in [6, 6.07) is 14.7. The van der Waals surface area contributed by atoms with Crippen LogP contribution in [0.3, 0.4) is 0 Å². The molecule has 0 saturated carbocycles. The van der Waals surface area contributed by atoms with E-state index in [0.29, 0.717) is 30.2 Å². The van der Waals surface area contributed by atoms with Crippen LogP contribution in [0.15, 0.2) is 70.2 Å². The lowest BCUT2D eigenvalue weighted by Gasteiger charge is -2.25. The number of fused-ring (bicyclic) bond motifs is 1. The maximum absolute atomic E-state index is 12.7. The van der Waals surface area contributed by atoms with Gasteiger partial charge in [-0.2, -0.15) is 0 Å². The second-order valence-corrected chi connectivity index (χ2v) is 10.4. The molecule has 2 aromatic carbocycles. The van der Waals surface area contributed by atoms with Gasteiger partial charge in [0, 0.05) is 24.3 Å². The zero-order chi connectivity index (χ0) is 23.5. The Kier molecular flexibility index (Phi) is 6.33. The summed E-state index contributed by atoms with van der Waals surface area (Å²) in [5, 5.41) is 3.81. The van der Waals surface area contributed by atoms with Crippen molar-refractivity contribution >= 4 is 48.3 Å². The fourth-order valence-corrected chi connectivity index (χ4v) is 5.58. The third-order valence-corrected chi connectivity index (χ3v) is 7.86. The second-order valence-electron chi connectivity index (χ2n) is 7.66. The van der Waals surface area contributed by atoms with E-state index in [2.05, 4.69) is 19.9 Å². The lowest BCUT2D eigenvalue weighted by molar-refractivity contribution is 0.102. The van der Waals surface area contributed by atoms with Crippen LogP contribution >= 0.6 is 11.3 Å². The SMILES string of the molecule is O=C(Nc1ccc2nc(N3CCOCC3)sc2c1)c1ccc(S(=O)(=O)NCc2ccco2)cc1. The van der Waals surface area contributed by atoms with Gasteiger partial charge < -0.3 is 19.4 Å². The number of amides is 1. The maximum Gasteiger partial charge on any atom is 0.255 e. The summed E-state index contributed by atoms with van der Waals surface area (Å²) in [6.07, 6.45) is 1.48. The molecule has 1 fully saturated rings. The van der Waals surface area contributed by atoms with Crippen molar-refractivity contribution < 1.29 is 22.4 Å². The molecule has 0 unspecified atom stereocenters. The van der Waals surface area contributed by atoms with Gasteiger partial charge in [0.15, 0.2) is 5.13 Å². The molecule has 0 bridgehead atoms. The van der Waals surface area contributed by atoms with E-state index >= 15 is 0 Å². The average molecular weight is 499 g/mol. The average Bonchev–Trinajstić information content (AvgIpc) is 3.53. The monoisotopic (exact) mass is 498 g/mol. The number of sulfonamides is 1. The van der Waals surface area contributed by atoms with Crippen LogP contribution in [0.2, 0.25) is 0 Å². The molecule has 11 heteroatoms. The predicted octanol–water partition coefficient (Wildman–Crippen LogP) is 3.46. The van der Waals surface area contributed by atoms with E-state index in [0.717, 1.165) is 28.4 Å². The molecule has 176 valence electrons. The number of nitrogens with one attached hydrogen (secondary N) is 2. The third kappa shape index (κ3) is 4.97. The zero-order valence-corrected chi connectivity index (χ0v) is 19.7. The quantitative estimate of drug-likeness (QED) is 0.401. The molecule has 4 aromatic rings. The van der Waals surface area contributed by atoms with Crippen LogP contribution in [0, 0.1) is 0 Å². The molecule has 34 heavy (non-hydrogen) atoms. The van der Waals surface area contributed by atoms with E-state index in [1.165, 1.54) is 30.5 Å². The highest BCUT2D eigenvalue weighted by atomic mass is 32.2. The van der Waals surface area contributed by atoms with Gasteiger partial charge in [-0.3, -0.25) is 4.79 Å². The summed E-state index contributed by atoms with van der Waals surface area (Å²) < 4.78 is 38.9. The Balaban J connectivity index is 1.25. The van der Waals surface area contributed by atoms with Gasteiger partial charge in [0.2, 0.25) is 10.0 Å².